The molecule has 0 saturated carbocycles. The van der Waals surface area contributed by atoms with E-state index in [1.54, 1.807) is 28.6 Å². The van der Waals surface area contributed by atoms with Gasteiger partial charge in [-0.25, -0.2) is 8.42 Å². The number of rotatable bonds is 4. The second kappa shape index (κ2) is 7.82. The van der Waals surface area contributed by atoms with Crippen LogP contribution in [-0.4, -0.2) is 63.1 Å². The first-order valence-electron chi connectivity index (χ1n) is 10.4. The monoisotopic (exact) mass is 392 g/mol. The maximum absolute atomic E-state index is 12.8. The number of hydrogen-bond acceptors (Lipinski definition) is 4. The van der Waals surface area contributed by atoms with E-state index in [1.165, 1.54) is 25.9 Å². The molecule has 0 amide bonds. The molecule has 1 spiro atoms. The van der Waals surface area contributed by atoms with Gasteiger partial charge in [0.1, 0.15) is 0 Å². The lowest BCUT2D eigenvalue weighted by atomic mass is 9.77. The van der Waals surface area contributed by atoms with Gasteiger partial charge in [0.15, 0.2) is 0 Å². The molecule has 0 N–H and O–H groups in total. The summed E-state index contributed by atoms with van der Waals surface area (Å²) in [7, 11) is -3.37. The molecular formula is C21H32N2O3S. The largest absolute Gasteiger partial charge is 0.376 e. The van der Waals surface area contributed by atoms with Crippen molar-refractivity contribution in [3.8, 4) is 0 Å². The Morgan fingerprint density at radius 2 is 1.89 bits per heavy atom. The molecule has 3 saturated heterocycles. The second-order valence-electron chi connectivity index (χ2n) is 8.86. The lowest BCUT2D eigenvalue weighted by molar-refractivity contribution is 0.0482. The SMILES string of the molecule is CC1CCCN(CC2CC3(CCN(S(=O)(=O)c4ccccc4)CC3)CO2)C1. The van der Waals surface area contributed by atoms with Crippen LogP contribution in [0.25, 0.3) is 0 Å². The van der Waals surface area contributed by atoms with E-state index in [-0.39, 0.29) is 5.41 Å². The summed E-state index contributed by atoms with van der Waals surface area (Å²) in [5, 5.41) is 0. The zero-order valence-electron chi connectivity index (χ0n) is 16.3. The number of likely N-dealkylation sites (tertiary alicyclic amines) is 1. The fraction of sp³-hybridized carbons (Fsp3) is 0.714. The number of sulfonamides is 1. The van der Waals surface area contributed by atoms with Crippen LogP contribution in [0.3, 0.4) is 0 Å². The van der Waals surface area contributed by atoms with Crippen LogP contribution in [0.15, 0.2) is 35.2 Å². The van der Waals surface area contributed by atoms with Crippen molar-refractivity contribution in [1.82, 2.24) is 9.21 Å². The summed E-state index contributed by atoms with van der Waals surface area (Å²) in [5.74, 6) is 0.792. The molecule has 1 aromatic rings. The highest BCUT2D eigenvalue weighted by atomic mass is 32.2. The van der Waals surface area contributed by atoms with Gasteiger partial charge in [-0.05, 0) is 62.1 Å². The van der Waals surface area contributed by atoms with E-state index in [0.717, 1.165) is 38.3 Å². The first-order valence-corrected chi connectivity index (χ1v) is 11.8. The standard InChI is InChI=1S/C21H32N2O3S/c1-18-6-5-11-22(15-18)16-19-14-21(17-26-19)9-12-23(13-10-21)27(24,25)20-7-3-2-4-8-20/h2-4,7-8,18-19H,5-6,9-17H2,1H3. The van der Waals surface area contributed by atoms with Gasteiger partial charge in [-0.3, -0.25) is 0 Å². The third kappa shape index (κ3) is 4.24. The number of piperidine rings is 2. The molecule has 2 unspecified atom stereocenters. The van der Waals surface area contributed by atoms with Gasteiger partial charge < -0.3 is 9.64 Å². The Balaban J connectivity index is 1.33. The zero-order valence-corrected chi connectivity index (χ0v) is 17.2. The molecule has 3 aliphatic heterocycles. The Labute approximate surface area is 163 Å². The van der Waals surface area contributed by atoms with Crippen molar-refractivity contribution in [2.75, 3.05) is 39.3 Å². The van der Waals surface area contributed by atoms with Gasteiger partial charge in [0.25, 0.3) is 0 Å². The Morgan fingerprint density at radius 1 is 1.15 bits per heavy atom. The molecule has 2 atom stereocenters. The fourth-order valence-corrected chi connectivity index (χ4v) is 6.51. The van der Waals surface area contributed by atoms with Crippen molar-refractivity contribution in [3.63, 3.8) is 0 Å². The number of benzene rings is 1. The van der Waals surface area contributed by atoms with E-state index < -0.39 is 10.0 Å². The van der Waals surface area contributed by atoms with Crippen molar-refractivity contribution in [3.05, 3.63) is 30.3 Å². The Kier molecular flexibility index (Phi) is 5.61. The summed E-state index contributed by atoms with van der Waals surface area (Å²) >= 11 is 0. The number of hydrogen-bond donors (Lipinski definition) is 0. The lowest BCUT2D eigenvalue weighted by Crippen LogP contribution is -2.44. The first-order chi connectivity index (χ1) is 13.0. The van der Waals surface area contributed by atoms with Crippen molar-refractivity contribution in [1.29, 1.82) is 0 Å². The van der Waals surface area contributed by atoms with Gasteiger partial charge >= 0.3 is 0 Å². The van der Waals surface area contributed by atoms with Crippen LogP contribution in [0.1, 0.15) is 39.0 Å². The molecule has 0 aliphatic carbocycles. The van der Waals surface area contributed by atoms with Crippen molar-refractivity contribution < 1.29 is 13.2 Å². The van der Waals surface area contributed by atoms with Crippen LogP contribution in [0.4, 0.5) is 0 Å². The molecule has 150 valence electrons. The van der Waals surface area contributed by atoms with Crippen molar-refractivity contribution in [2.24, 2.45) is 11.3 Å². The third-order valence-corrected chi connectivity index (χ3v) is 8.57. The molecule has 0 bridgehead atoms. The van der Waals surface area contributed by atoms with Crippen molar-refractivity contribution in [2.45, 2.75) is 50.0 Å². The highest BCUT2D eigenvalue weighted by molar-refractivity contribution is 7.89. The average Bonchev–Trinajstić information content (AvgIpc) is 3.05. The minimum Gasteiger partial charge on any atom is -0.376 e. The molecule has 3 aliphatic rings. The van der Waals surface area contributed by atoms with Crippen molar-refractivity contribution >= 4 is 10.0 Å². The minimum absolute atomic E-state index is 0.175. The summed E-state index contributed by atoms with van der Waals surface area (Å²) < 4.78 is 33.5. The van der Waals surface area contributed by atoms with Crippen LogP contribution in [0.2, 0.25) is 0 Å². The zero-order chi connectivity index (χ0) is 18.9. The number of nitrogens with zero attached hydrogens (tertiary/aromatic N) is 2. The summed E-state index contributed by atoms with van der Waals surface area (Å²) in [4.78, 5) is 2.97. The summed E-state index contributed by atoms with van der Waals surface area (Å²) in [6, 6.07) is 8.80. The average molecular weight is 393 g/mol. The van der Waals surface area contributed by atoms with Gasteiger partial charge in [0.05, 0.1) is 17.6 Å². The Hall–Kier alpha value is -0.950. The molecule has 6 heteroatoms. The third-order valence-electron chi connectivity index (χ3n) is 6.65. The molecule has 0 aromatic heterocycles. The van der Waals surface area contributed by atoms with Crippen LogP contribution in [0, 0.1) is 11.3 Å². The fourth-order valence-electron chi connectivity index (χ4n) is 5.04. The molecule has 0 radical (unpaired) electrons. The van der Waals surface area contributed by atoms with Gasteiger partial charge in [-0.15, -0.1) is 0 Å². The molecule has 3 fully saturated rings. The Bertz CT molecular complexity index is 729. The summed E-state index contributed by atoms with van der Waals surface area (Å²) in [6.07, 6.45) is 5.85. The van der Waals surface area contributed by atoms with E-state index >= 15 is 0 Å². The normalized spacial score (nSPS) is 30.0. The van der Waals surface area contributed by atoms with Crippen LogP contribution in [-0.2, 0) is 14.8 Å². The topological polar surface area (TPSA) is 49.9 Å². The summed E-state index contributed by atoms with van der Waals surface area (Å²) in [5.41, 5.74) is 0.175. The van der Waals surface area contributed by atoms with Gasteiger partial charge in [0.2, 0.25) is 10.0 Å². The van der Waals surface area contributed by atoms with E-state index in [4.69, 9.17) is 4.74 Å². The predicted molar refractivity (Wildman–Crippen MR) is 106 cm³/mol. The van der Waals surface area contributed by atoms with E-state index in [1.807, 2.05) is 6.07 Å². The molecule has 27 heavy (non-hydrogen) atoms. The van der Waals surface area contributed by atoms with Crippen LogP contribution >= 0.6 is 0 Å². The molecule has 3 heterocycles. The Morgan fingerprint density at radius 3 is 2.59 bits per heavy atom. The molecular weight excluding hydrogens is 360 g/mol. The van der Waals surface area contributed by atoms with E-state index in [2.05, 4.69) is 11.8 Å². The molecule has 5 nitrogen and oxygen atoms in total. The van der Waals surface area contributed by atoms with Crippen LogP contribution in [0.5, 0.6) is 0 Å². The quantitative estimate of drug-likeness (QED) is 0.790. The smallest absolute Gasteiger partial charge is 0.243 e. The molecule has 4 rings (SSSR count). The maximum atomic E-state index is 12.8. The van der Waals surface area contributed by atoms with Gasteiger partial charge in [-0.1, -0.05) is 25.1 Å². The van der Waals surface area contributed by atoms with Gasteiger partial charge in [-0.2, -0.15) is 4.31 Å². The maximum Gasteiger partial charge on any atom is 0.243 e. The highest BCUT2D eigenvalue weighted by Gasteiger charge is 2.44. The van der Waals surface area contributed by atoms with E-state index in [0.29, 0.717) is 24.1 Å². The first kappa shape index (κ1) is 19.4. The lowest BCUT2D eigenvalue weighted by Gasteiger charge is -2.38. The second-order valence-corrected chi connectivity index (χ2v) is 10.8. The molecule has 1 aromatic carbocycles. The number of ether oxygens (including phenoxy) is 1. The van der Waals surface area contributed by atoms with Gasteiger partial charge in [0, 0.05) is 26.2 Å². The van der Waals surface area contributed by atoms with Crippen LogP contribution < -0.4 is 0 Å². The highest BCUT2D eigenvalue weighted by Crippen LogP contribution is 2.43. The summed E-state index contributed by atoms with van der Waals surface area (Å²) in [6.45, 7) is 7.77. The minimum atomic E-state index is -3.37. The van der Waals surface area contributed by atoms with E-state index in [9.17, 15) is 8.42 Å². The predicted octanol–water partition coefficient (Wildman–Crippen LogP) is 2.98.